The number of nitrogens with one attached hydrogen (secondary N) is 4. The molecule has 4 aromatic rings. The molecule has 7 N–H and O–H groups in total. The third kappa shape index (κ3) is 13.3. The third-order valence-electron chi connectivity index (χ3n) is 9.97. The summed E-state index contributed by atoms with van der Waals surface area (Å²) in [4.78, 5) is 53.7. The Bertz CT molecular complexity index is 2080. The number of carbonyl (C=O) groups is 4. The maximum Gasteiger partial charge on any atom is 0.255 e. The number of aliphatic hydroxyl groups excluding tert-OH is 1. The Labute approximate surface area is 352 Å². The molecule has 5 rings (SSSR count). The van der Waals surface area contributed by atoms with E-state index in [-0.39, 0.29) is 65.3 Å². The van der Waals surface area contributed by atoms with Crippen molar-refractivity contribution in [1.82, 2.24) is 5.32 Å². The summed E-state index contributed by atoms with van der Waals surface area (Å²) in [6, 6.07) is 22.9. The van der Waals surface area contributed by atoms with Crippen LogP contribution in [0.4, 0.5) is 17.1 Å². The van der Waals surface area contributed by atoms with Crippen LogP contribution in [-0.2, 0) is 11.2 Å². The molecule has 0 bridgehead atoms. The summed E-state index contributed by atoms with van der Waals surface area (Å²) in [5.41, 5.74) is 9.03. The van der Waals surface area contributed by atoms with E-state index in [0.717, 1.165) is 31.2 Å². The second-order valence-electron chi connectivity index (χ2n) is 16.2. The maximum absolute atomic E-state index is 13.8. The first kappa shape index (κ1) is 45.2. The SMILES string of the molecule is CC(C)COc1cc(C(=O)Nc2ccc(C(=O)N[C@H]3CC[C@H](C)CC3)cc2OCC(C)C)ccc1NC(=O)c1ccc(NC(=O)[C@@H](N)Cc2ccccc2)c(OCCO)c1. The van der Waals surface area contributed by atoms with Crippen LogP contribution in [0.5, 0.6) is 17.2 Å². The molecule has 4 amide bonds. The lowest BCUT2D eigenvalue weighted by molar-refractivity contribution is -0.117. The molecule has 13 nitrogen and oxygen atoms in total. The van der Waals surface area contributed by atoms with Gasteiger partial charge in [-0.25, -0.2) is 0 Å². The summed E-state index contributed by atoms with van der Waals surface area (Å²) >= 11 is 0. The van der Waals surface area contributed by atoms with Crippen molar-refractivity contribution in [3.05, 3.63) is 107 Å². The highest BCUT2D eigenvalue weighted by Gasteiger charge is 2.23. The summed E-state index contributed by atoms with van der Waals surface area (Å²) in [7, 11) is 0. The first-order valence-corrected chi connectivity index (χ1v) is 20.7. The van der Waals surface area contributed by atoms with E-state index < -0.39 is 23.8 Å². The number of hydrogen-bond acceptors (Lipinski definition) is 9. The van der Waals surface area contributed by atoms with Crippen LogP contribution < -0.4 is 41.2 Å². The molecule has 4 aromatic carbocycles. The average Bonchev–Trinajstić information content (AvgIpc) is 3.23. The fourth-order valence-corrected chi connectivity index (χ4v) is 6.58. The minimum absolute atomic E-state index is 0.0780. The number of carbonyl (C=O) groups excluding carboxylic acids is 4. The highest BCUT2D eigenvalue weighted by Crippen LogP contribution is 2.32. The van der Waals surface area contributed by atoms with Crippen LogP contribution in [0.1, 0.15) is 96.9 Å². The van der Waals surface area contributed by atoms with Crippen LogP contribution in [0.25, 0.3) is 0 Å². The predicted octanol–water partition coefficient (Wildman–Crippen LogP) is 7.45. The maximum atomic E-state index is 13.8. The summed E-state index contributed by atoms with van der Waals surface area (Å²) in [5.74, 6) is 0.254. The zero-order valence-corrected chi connectivity index (χ0v) is 35.2. The van der Waals surface area contributed by atoms with E-state index in [1.807, 2.05) is 58.0 Å². The Hall–Kier alpha value is -5.92. The van der Waals surface area contributed by atoms with Crippen molar-refractivity contribution in [2.24, 2.45) is 23.5 Å². The number of ether oxygens (including phenoxy) is 3. The van der Waals surface area contributed by atoms with Gasteiger partial charge >= 0.3 is 0 Å². The number of anilines is 3. The summed E-state index contributed by atoms with van der Waals surface area (Å²) in [6.45, 7) is 10.6. The van der Waals surface area contributed by atoms with Crippen LogP contribution in [-0.4, -0.2) is 67.2 Å². The van der Waals surface area contributed by atoms with E-state index in [1.54, 1.807) is 36.4 Å². The van der Waals surface area contributed by atoms with Gasteiger partial charge in [0.25, 0.3) is 17.7 Å². The smallest absolute Gasteiger partial charge is 0.255 e. The third-order valence-corrected chi connectivity index (χ3v) is 9.97. The minimum atomic E-state index is -0.843. The molecule has 1 fully saturated rings. The first-order chi connectivity index (χ1) is 28.8. The number of amides is 4. The highest BCUT2D eigenvalue weighted by atomic mass is 16.5. The van der Waals surface area contributed by atoms with Gasteiger partial charge in [0.2, 0.25) is 5.91 Å². The normalized spacial score (nSPS) is 15.5. The molecule has 1 atom stereocenters. The largest absolute Gasteiger partial charge is 0.491 e. The molecular formula is C47H59N5O8. The lowest BCUT2D eigenvalue weighted by atomic mass is 9.87. The second-order valence-corrected chi connectivity index (χ2v) is 16.2. The molecule has 0 radical (unpaired) electrons. The van der Waals surface area contributed by atoms with Crippen LogP contribution >= 0.6 is 0 Å². The summed E-state index contributed by atoms with van der Waals surface area (Å²) in [5, 5.41) is 21.2. The molecule has 320 valence electrons. The number of nitrogens with two attached hydrogens (primary N) is 1. The molecule has 0 unspecified atom stereocenters. The van der Waals surface area contributed by atoms with Crippen molar-refractivity contribution >= 4 is 40.7 Å². The zero-order chi connectivity index (χ0) is 43.2. The molecule has 0 heterocycles. The van der Waals surface area contributed by atoms with Gasteiger partial charge in [-0.15, -0.1) is 0 Å². The van der Waals surface area contributed by atoms with E-state index in [0.29, 0.717) is 48.2 Å². The van der Waals surface area contributed by atoms with Gasteiger partial charge in [-0.05, 0) is 110 Å². The van der Waals surface area contributed by atoms with E-state index in [9.17, 15) is 24.3 Å². The van der Waals surface area contributed by atoms with Crippen LogP contribution in [0.15, 0.2) is 84.9 Å². The van der Waals surface area contributed by atoms with Crippen molar-refractivity contribution in [3.63, 3.8) is 0 Å². The molecule has 0 aliphatic heterocycles. The number of hydrogen-bond donors (Lipinski definition) is 6. The van der Waals surface area contributed by atoms with E-state index in [1.165, 1.54) is 18.2 Å². The standard InChI is InChI=1S/C47H59N5O8/c1-29(2)27-59-42-25-33(44(54)49-36-16-11-31(5)12-17-36)13-19-39(42)51-46(56)35-15-20-40(43(26-35)60-28-30(3)4)50-45(55)34-14-18-38(41(24-34)58-22-21-53)52-47(57)37(48)23-32-9-7-6-8-10-32/h6-10,13-15,18-20,24-26,29-31,36-37,53H,11-12,16-17,21-23,27-28,48H2,1-5H3,(H,49,54)(H,50,55)(H,51,56)(H,52,57)/t31-,36-,37-/m0/s1. The monoisotopic (exact) mass is 821 g/mol. The molecule has 1 aliphatic rings. The number of benzene rings is 4. The van der Waals surface area contributed by atoms with Crippen LogP contribution in [0.2, 0.25) is 0 Å². The van der Waals surface area contributed by atoms with E-state index in [2.05, 4.69) is 28.2 Å². The molecule has 0 aromatic heterocycles. The first-order valence-electron chi connectivity index (χ1n) is 20.7. The van der Waals surface area contributed by atoms with Gasteiger partial charge in [-0.1, -0.05) is 65.0 Å². The molecular weight excluding hydrogens is 763 g/mol. The Balaban J connectivity index is 1.32. The van der Waals surface area contributed by atoms with E-state index in [4.69, 9.17) is 19.9 Å². The Morgan fingerprint density at radius 2 is 1.12 bits per heavy atom. The Morgan fingerprint density at radius 3 is 1.60 bits per heavy atom. The minimum Gasteiger partial charge on any atom is -0.491 e. The number of rotatable bonds is 19. The average molecular weight is 822 g/mol. The fourth-order valence-electron chi connectivity index (χ4n) is 6.58. The molecule has 0 spiro atoms. The molecule has 60 heavy (non-hydrogen) atoms. The van der Waals surface area contributed by atoms with Gasteiger partial charge < -0.3 is 46.3 Å². The zero-order valence-electron chi connectivity index (χ0n) is 35.2. The second kappa shape index (κ2) is 21.9. The van der Waals surface area contributed by atoms with Gasteiger partial charge in [0.05, 0.1) is 42.9 Å². The predicted molar refractivity (Wildman–Crippen MR) is 234 cm³/mol. The van der Waals surface area contributed by atoms with Gasteiger partial charge in [0.15, 0.2) is 0 Å². The summed E-state index contributed by atoms with van der Waals surface area (Å²) < 4.78 is 17.9. The molecule has 1 aliphatic carbocycles. The topological polar surface area (TPSA) is 190 Å². The van der Waals surface area contributed by atoms with Gasteiger partial charge in [0, 0.05) is 22.7 Å². The lowest BCUT2D eigenvalue weighted by Crippen LogP contribution is -2.37. The van der Waals surface area contributed by atoms with Crippen molar-refractivity contribution in [1.29, 1.82) is 0 Å². The quantitative estimate of drug-likeness (QED) is 0.0558. The van der Waals surface area contributed by atoms with Crippen LogP contribution in [0.3, 0.4) is 0 Å². The Morgan fingerprint density at radius 1 is 0.650 bits per heavy atom. The Kier molecular flexibility index (Phi) is 16.5. The highest BCUT2D eigenvalue weighted by molar-refractivity contribution is 6.08. The molecule has 0 saturated heterocycles. The van der Waals surface area contributed by atoms with Crippen molar-refractivity contribution in [2.75, 3.05) is 42.4 Å². The van der Waals surface area contributed by atoms with Gasteiger partial charge in [0.1, 0.15) is 23.9 Å². The van der Waals surface area contributed by atoms with Gasteiger partial charge in [-0.3, -0.25) is 19.2 Å². The van der Waals surface area contributed by atoms with Crippen molar-refractivity contribution in [3.8, 4) is 17.2 Å². The molecule has 13 heteroatoms. The van der Waals surface area contributed by atoms with Gasteiger partial charge in [-0.2, -0.15) is 0 Å². The van der Waals surface area contributed by atoms with Crippen molar-refractivity contribution in [2.45, 2.75) is 78.8 Å². The number of aliphatic hydroxyl groups is 1. The van der Waals surface area contributed by atoms with Crippen molar-refractivity contribution < 1.29 is 38.5 Å². The molecule has 1 saturated carbocycles. The lowest BCUT2D eigenvalue weighted by Gasteiger charge is -2.27. The summed E-state index contributed by atoms with van der Waals surface area (Å²) in [6.07, 6.45) is 4.39. The fraction of sp³-hybridized carbons (Fsp3) is 0.404. The van der Waals surface area contributed by atoms with E-state index >= 15 is 0 Å². The van der Waals surface area contributed by atoms with Crippen LogP contribution in [0, 0.1) is 17.8 Å².